The van der Waals surface area contributed by atoms with Crippen LogP contribution < -0.4 is 11.0 Å². The molecule has 156 valence electrons. The van der Waals surface area contributed by atoms with Gasteiger partial charge in [-0.25, -0.2) is 9.78 Å². The van der Waals surface area contributed by atoms with Crippen molar-refractivity contribution >= 4 is 33.7 Å². The summed E-state index contributed by atoms with van der Waals surface area (Å²) in [4.78, 5) is 29.8. The summed E-state index contributed by atoms with van der Waals surface area (Å²) in [5.74, 6) is 2.25. The minimum atomic E-state index is -0.430. The fraction of sp³-hybridized carbons (Fsp3) is 0.550. The number of anilines is 1. The minimum Gasteiger partial charge on any atom is -0.300 e. The van der Waals surface area contributed by atoms with E-state index in [4.69, 9.17) is 4.98 Å². The number of nitrogens with one attached hydrogen (secondary N) is 1. The lowest BCUT2D eigenvalue weighted by molar-refractivity contribution is -0.117. The van der Waals surface area contributed by atoms with Crippen LogP contribution in [0.1, 0.15) is 44.2 Å². The van der Waals surface area contributed by atoms with E-state index in [0.717, 1.165) is 28.1 Å². The quantitative estimate of drug-likeness (QED) is 0.655. The Morgan fingerprint density at radius 3 is 2.53 bits per heavy atom. The number of thiazole rings is 1. The molecule has 8 nitrogen and oxygen atoms in total. The van der Waals surface area contributed by atoms with Gasteiger partial charge in [0.05, 0.1) is 5.69 Å². The predicted molar refractivity (Wildman–Crippen MR) is 114 cm³/mol. The zero-order valence-electron chi connectivity index (χ0n) is 16.4. The SMILES string of the molecule is O=C(Cn1nnn(-c2cccs2)c1=O)Nc1nc(C23CC4CC(CC(C4)C2)C3)cs1. The first-order valence-electron chi connectivity index (χ1n) is 10.4. The van der Waals surface area contributed by atoms with Crippen LogP contribution in [-0.4, -0.2) is 30.7 Å². The number of hydrogen-bond donors (Lipinski definition) is 1. The summed E-state index contributed by atoms with van der Waals surface area (Å²) in [7, 11) is 0. The van der Waals surface area contributed by atoms with Crippen molar-refractivity contribution in [1.82, 2.24) is 24.8 Å². The van der Waals surface area contributed by atoms with Crippen molar-refractivity contribution < 1.29 is 4.79 Å². The minimum absolute atomic E-state index is 0.184. The van der Waals surface area contributed by atoms with Crippen molar-refractivity contribution in [3.05, 3.63) is 39.1 Å². The van der Waals surface area contributed by atoms with Gasteiger partial charge >= 0.3 is 5.69 Å². The van der Waals surface area contributed by atoms with E-state index < -0.39 is 5.69 Å². The molecule has 30 heavy (non-hydrogen) atoms. The van der Waals surface area contributed by atoms with Crippen molar-refractivity contribution in [3.63, 3.8) is 0 Å². The molecule has 0 saturated heterocycles. The maximum atomic E-state index is 12.5. The topological polar surface area (TPSA) is 94.7 Å². The number of thiophene rings is 1. The zero-order chi connectivity index (χ0) is 20.3. The monoisotopic (exact) mass is 442 g/mol. The van der Waals surface area contributed by atoms with Crippen LogP contribution in [0.15, 0.2) is 27.7 Å². The first kappa shape index (κ1) is 18.4. The maximum absolute atomic E-state index is 12.5. The van der Waals surface area contributed by atoms with Crippen molar-refractivity contribution in [1.29, 1.82) is 0 Å². The van der Waals surface area contributed by atoms with Crippen LogP contribution in [0.4, 0.5) is 5.13 Å². The summed E-state index contributed by atoms with van der Waals surface area (Å²) in [5, 5.41) is 15.8. The Bertz CT molecular complexity index is 1110. The lowest BCUT2D eigenvalue weighted by atomic mass is 9.49. The van der Waals surface area contributed by atoms with Crippen LogP contribution in [0.25, 0.3) is 5.00 Å². The standard InChI is InChI=1S/C20H22N6O2S2/c27-16(10-25-19(28)26(24-23-25)17-2-1-3-29-17)22-18-21-15(11-30-18)20-7-12-4-13(8-20)6-14(5-12)9-20/h1-3,11-14H,4-10H2,(H,21,22,27). The third-order valence-electron chi connectivity index (χ3n) is 6.98. The summed E-state index contributed by atoms with van der Waals surface area (Å²) in [6.45, 7) is -0.184. The second-order valence-corrected chi connectivity index (χ2v) is 10.9. The van der Waals surface area contributed by atoms with Gasteiger partial charge < -0.3 is 5.32 Å². The largest absolute Gasteiger partial charge is 0.369 e. The first-order valence-corrected chi connectivity index (χ1v) is 12.2. The van der Waals surface area contributed by atoms with Crippen LogP contribution in [-0.2, 0) is 16.8 Å². The van der Waals surface area contributed by atoms with E-state index in [-0.39, 0.29) is 17.9 Å². The Balaban J connectivity index is 1.16. The van der Waals surface area contributed by atoms with Crippen LogP contribution in [0.3, 0.4) is 0 Å². The molecule has 1 N–H and O–H groups in total. The van der Waals surface area contributed by atoms with Crippen LogP contribution in [0.2, 0.25) is 0 Å². The van der Waals surface area contributed by atoms with Gasteiger partial charge in [-0.15, -0.1) is 22.7 Å². The summed E-state index contributed by atoms with van der Waals surface area (Å²) in [6, 6.07) is 3.62. The molecule has 4 fully saturated rings. The van der Waals surface area contributed by atoms with Gasteiger partial charge in [-0.05, 0) is 84.2 Å². The van der Waals surface area contributed by atoms with Gasteiger partial charge in [-0.3, -0.25) is 4.79 Å². The second kappa shape index (κ2) is 6.84. The number of hydrogen-bond acceptors (Lipinski definition) is 7. The summed E-state index contributed by atoms with van der Waals surface area (Å²) in [6.07, 6.45) is 7.93. The molecule has 0 aromatic carbocycles. The fourth-order valence-electron chi connectivity index (χ4n) is 6.20. The lowest BCUT2D eigenvalue weighted by Crippen LogP contribution is -2.48. The molecule has 3 aromatic rings. The number of tetrazole rings is 1. The molecule has 3 heterocycles. The van der Waals surface area contributed by atoms with Crippen molar-refractivity contribution in [3.8, 4) is 5.00 Å². The van der Waals surface area contributed by atoms with Crippen molar-refractivity contribution in [2.24, 2.45) is 17.8 Å². The average molecular weight is 443 g/mol. The third-order valence-corrected chi connectivity index (χ3v) is 8.58. The van der Waals surface area contributed by atoms with E-state index in [0.29, 0.717) is 10.1 Å². The summed E-state index contributed by atoms with van der Waals surface area (Å²) < 4.78 is 2.27. The van der Waals surface area contributed by atoms with Crippen LogP contribution in [0.5, 0.6) is 0 Å². The van der Waals surface area contributed by atoms with Crippen LogP contribution >= 0.6 is 22.7 Å². The Morgan fingerprint density at radius 1 is 1.13 bits per heavy atom. The van der Waals surface area contributed by atoms with Gasteiger partial charge in [0.25, 0.3) is 0 Å². The van der Waals surface area contributed by atoms with Gasteiger partial charge in [-0.2, -0.15) is 9.36 Å². The van der Waals surface area contributed by atoms with Gasteiger partial charge in [0.1, 0.15) is 11.5 Å². The molecule has 0 atom stereocenters. The highest BCUT2D eigenvalue weighted by atomic mass is 32.1. The lowest BCUT2D eigenvalue weighted by Gasteiger charge is -2.56. The van der Waals surface area contributed by atoms with E-state index in [1.807, 2.05) is 11.4 Å². The van der Waals surface area contributed by atoms with E-state index in [9.17, 15) is 9.59 Å². The molecule has 0 spiro atoms. The second-order valence-electron chi connectivity index (χ2n) is 9.07. The molecule has 1 amide bonds. The first-order chi connectivity index (χ1) is 14.6. The molecule has 0 unspecified atom stereocenters. The highest BCUT2D eigenvalue weighted by molar-refractivity contribution is 7.14. The Hall–Kier alpha value is -2.33. The van der Waals surface area contributed by atoms with Gasteiger partial charge in [0.15, 0.2) is 5.13 Å². The Kier molecular flexibility index (Phi) is 4.21. The predicted octanol–water partition coefficient (Wildman–Crippen LogP) is 3.05. The number of rotatable bonds is 5. The van der Waals surface area contributed by atoms with Crippen molar-refractivity contribution in [2.45, 2.75) is 50.5 Å². The molecule has 3 aromatic heterocycles. The number of amides is 1. The highest BCUT2D eigenvalue weighted by Crippen LogP contribution is 2.60. The molecule has 4 bridgehead atoms. The van der Waals surface area contributed by atoms with Gasteiger partial charge in [0, 0.05) is 10.8 Å². The number of aromatic nitrogens is 5. The summed E-state index contributed by atoms with van der Waals surface area (Å²) >= 11 is 2.86. The molecular formula is C20H22N6O2S2. The third kappa shape index (κ3) is 3.04. The number of carbonyl (C=O) groups excluding carboxylic acids is 1. The molecular weight excluding hydrogens is 420 g/mol. The summed E-state index contributed by atoms with van der Waals surface area (Å²) in [5.41, 5.74) is 0.942. The average Bonchev–Trinajstić information content (AvgIpc) is 3.43. The molecule has 0 aliphatic heterocycles. The molecule has 4 aliphatic carbocycles. The molecule has 4 aliphatic rings. The molecule has 0 radical (unpaired) electrons. The molecule has 7 rings (SSSR count). The van der Waals surface area contributed by atoms with Gasteiger partial charge in [0.2, 0.25) is 5.91 Å². The number of nitrogens with zero attached hydrogens (tertiary/aromatic N) is 5. The Labute approximate surface area is 180 Å². The van der Waals surface area contributed by atoms with E-state index in [2.05, 4.69) is 21.1 Å². The normalized spacial score (nSPS) is 29.4. The Morgan fingerprint density at radius 2 is 1.87 bits per heavy atom. The van der Waals surface area contributed by atoms with Crippen LogP contribution in [0, 0.1) is 17.8 Å². The molecule has 10 heteroatoms. The van der Waals surface area contributed by atoms with E-state index in [1.165, 1.54) is 65.9 Å². The van der Waals surface area contributed by atoms with E-state index in [1.54, 1.807) is 6.07 Å². The zero-order valence-corrected chi connectivity index (χ0v) is 18.0. The smallest absolute Gasteiger partial charge is 0.300 e. The molecule has 4 saturated carbocycles. The maximum Gasteiger partial charge on any atom is 0.369 e. The highest BCUT2D eigenvalue weighted by Gasteiger charge is 2.52. The fourth-order valence-corrected chi connectivity index (χ4v) is 7.71. The van der Waals surface area contributed by atoms with Gasteiger partial charge in [-0.1, -0.05) is 0 Å². The van der Waals surface area contributed by atoms with E-state index >= 15 is 0 Å². The number of carbonyl (C=O) groups is 1. The van der Waals surface area contributed by atoms with Crippen molar-refractivity contribution in [2.75, 3.05) is 5.32 Å².